The molecule has 1 aliphatic heterocycles. The lowest BCUT2D eigenvalue weighted by Gasteiger charge is -2.27. The third kappa shape index (κ3) is 3.14. The van der Waals surface area contributed by atoms with Crippen molar-refractivity contribution in [2.24, 2.45) is 0 Å². The lowest BCUT2D eigenvalue weighted by atomic mass is 10.1. The summed E-state index contributed by atoms with van der Waals surface area (Å²) in [6.07, 6.45) is 0.956. The van der Waals surface area contributed by atoms with E-state index in [1.54, 1.807) is 0 Å². The molecule has 0 saturated heterocycles. The first-order valence-electron chi connectivity index (χ1n) is 8.32. The summed E-state index contributed by atoms with van der Waals surface area (Å²) in [5, 5.41) is 3.40. The van der Waals surface area contributed by atoms with Crippen LogP contribution in [0, 0.1) is 0 Å². The SMILES string of the molecule is CN(C)c1nc2c(c(N(C)Cc3ccc4nsnc4c3)n1)CCNC2. The van der Waals surface area contributed by atoms with Crippen molar-refractivity contribution >= 4 is 34.5 Å². The van der Waals surface area contributed by atoms with Crippen LogP contribution in [0.3, 0.4) is 0 Å². The number of fused-ring (bicyclic) bond motifs is 2. The van der Waals surface area contributed by atoms with Gasteiger partial charge in [-0.2, -0.15) is 13.7 Å². The maximum absolute atomic E-state index is 4.82. The normalized spacial score (nSPS) is 13.7. The van der Waals surface area contributed by atoms with Crippen molar-refractivity contribution in [2.45, 2.75) is 19.5 Å². The van der Waals surface area contributed by atoms with Gasteiger partial charge in [0.2, 0.25) is 5.95 Å². The van der Waals surface area contributed by atoms with Crippen molar-refractivity contribution < 1.29 is 0 Å². The molecule has 0 atom stereocenters. The third-order valence-corrected chi connectivity index (χ3v) is 4.96. The van der Waals surface area contributed by atoms with Gasteiger partial charge in [-0.1, -0.05) is 6.07 Å². The van der Waals surface area contributed by atoms with Crippen LogP contribution in [0.2, 0.25) is 0 Å². The Hall–Kier alpha value is -2.32. The molecule has 25 heavy (non-hydrogen) atoms. The maximum Gasteiger partial charge on any atom is 0.227 e. The first-order valence-corrected chi connectivity index (χ1v) is 9.05. The molecule has 0 spiro atoms. The monoisotopic (exact) mass is 355 g/mol. The summed E-state index contributed by atoms with van der Waals surface area (Å²) in [5.41, 5.74) is 5.47. The topological polar surface area (TPSA) is 70.1 Å². The molecule has 0 radical (unpaired) electrons. The molecule has 8 heteroatoms. The molecule has 2 aromatic heterocycles. The van der Waals surface area contributed by atoms with Gasteiger partial charge in [-0.05, 0) is 30.7 Å². The van der Waals surface area contributed by atoms with Crippen molar-refractivity contribution in [1.29, 1.82) is 0 Å². The van der Waals surface area contributed by atoms with Gasteiger partial charge in [0.25, 0.3) is 0 Å². The Bertz CT molecular complexity index is 905. The molecule has 3 aromatic rings. The quantitative estimate of drug-likeness (QED) is 0.765. The molecule has 1 N–H and O–H groups in total. The zero-order valence-electron chi connectivity index (χ0n) is 14.7. The molecular weight excluding hydrogens is 334 g/mol. The van der Waals surface area contributed by atoms with Crippen LogP contribution >= 0.6 is 11.7 Å². The lowest BCUT2D eigenvalue weighted by Crippen LogP contribution is -2.30. The molecule has 0 unspecified atom stereocenters. The van der Waals surface area contributed by atoms with E-state index in [1.165, 1.54) is 22.9 Å². The van der Waals surface area contributed by atoms with E-state index in [9.17, 15) is 0 Å². The van der Waals surface area contributed by atoms with Crippen LogP contribution in [-0.2, 0) is 19.5 Å². The van der Waals surface area contributed by atoms with E-state index in [4.69, 9.17) is 9.97 Å². The zero-order valence-corrected chi connectivity index (χ0v) is 15.5. The van der Waals surface area contributed by atoms with Gasteiger partial charge in [-0.15, -0.1) is 0 Å². The van der Waals surface area contributed by atoms with E-state index in [1.807, 2.05) is 25.1 Å². The highest BCUT2D eigenvalue weighted by Crippen LogP contribution is 2.26. The van der Waals surface area contributed by atoms with Gasteiger partial charge < -0.3 is 15.1 Å². The average molecular weight is 355 g/mol. The van der Waals surface area contributed by atoms with Crippen LogP contribution in [-0.4, -0.2) is 46.4 Å². The van der Waals surface area contributed by atoms with Crippen LogP contribution in [0.15, 0.2) is 18.2 Å². The van der Waals surface area contributed by atoms with Crippen molar-refractivity contribution in [1.82, 2.24) is 24.0 Å². The fraction of sp³-hybridized carbons (Fsp3) is 0.412. The summed E-state index contributed by atoms with van der Waals surface area (Å²) < 4.78 is 8.61. The van der Waals surface area contributed by atoms with Crippen molar-refractivity contribution in [2.75, 3.05) is 37.5 Å². The molecule has 1 aliphatic rings. The molecule has 0 aliphatic carbocycles. The van der Waals surface area contributed by atoms with E-state index in [0.29, 0.717) is 0 Å². The highest BCUT2D eigenvalue weighted by atomic mass is 32.1. The van der Waals surface area contributed by atoms with Crippen LogP contribution in [0.1, 0.15) is 16.8 Å². The molecule has 0 amide bonds. The number of anilines is 2. The Morgan fingerprint density at radius 1 is 1.12 bits per heavy atom. The summed E-state index contributed by atoms with van der Waals surface area (Å²) >= 11 is 1.25. The first kappa shape index (κ1) is 16.2. The predicted molar refractivity (Wildman–Crippen MR) is 101 cm³/mol. The minimum absolute atomic E-state index is 0.753. The molecule has 0 fully saturated rings. The molecule has 4 rings (SSSR count). The second kappa shape index (κ2) is 6.53. The minimum atomic E-state index is 0.753. The summed E-state index contributed by atoms with van der Waals surface area (Å²) in [6, 6.07) is 6.26. The number of rotatable bonds is 4. The molecule has 3 heterocycles. The molecule has 1 aromatic carbocycles. The van der Waals surface area contributed by atoms with Crippen LogP contribution < -0.4 is 15.1 Å². The number of benzene rings is 1. The van der Waals surface area contributed by atoms with E-state index in [-0.39, 0.29) is 0 Å². The minimum Gasteiger partial charge on any atom is -0.355 e. The second-order valence-electron chi connectivity index (χ2n) is 6.54. The lowest BCUT2D eigenvalue weighted by molar-refractivity contribution is 0.620. The van der Waals surface area contributed by atoms with Gasteiger partial charge >= 0.3 is 0 Å². The van der Waals surface area contributed by atoms with Gasteiger partial charge in [0, 0.05) is 39.8 Å². The van der Waals surface area contributed by atoms with E-state index in [0.717, 1.165) is 54.5 Å². The van der Waals surface area contributed by atoms with E-state index >= 15 is 0 Å². The molecule has 7 nitrogen and oxygen atoms in total. The van der Waals surface area contributed by atoms with Crippen LogP contribution in [0.25, 0.3) is 11.0 Å². The number of nitrogens with zero attached hydrogens (tertiary/aromatic N) is 6. The van der Waals surface area contributed by atoms with E-state index in [2.05, 4.69) is 38.1 Å². The summed E-state index contributed by atoms with van der Waals surface area (Å²) in [5.74, 6) is 1.77. The summed E-state index contributed by atoms with van der Waals surface area (Å²) in [7, 11) is 6.05. The Kier molecular flexibility index (Phi) is 4.22. The van der Waals surface area contributed by atoms with Gasteiger partial charge in [0.1, 0.15) is 16.9 Å². The Labute approximate surface area is 151 Å². The number of hydrogen-bond acceptors (Lipinski definition) is 8. The standard InChI is InChI=1S/C17H21N7S/c1-23(2)17-19-15-9-18-7-6-12(15)16(20-17)24(3)10-11-4-5-13-14(8-11)22-25-21-13/h4-5,8,18H,6-7,9-10H2,1-3H3. The van der Waals surface area contributed by atoms with Gasteiger partial charge in [-0.25, -0.2) is 4.98 Å². The van der Waals surface area contributed by atoms with Crippen molar-refractivity contribution in [3.05, 3.63) is 35.0 Å². The van der Waals surface area contributed by atoms with Gasteiger partial charge in [-0.3, -0.25) is 0 Å². The van der Waals surface area contributed by atoms with Crippen LogP contribution in [0.4, 0.5) is 11.8 Å². The molecule has 0 bridgehead atoms. The number of aromatic nitrogens is 4. The zero-order chi connectivity index (χ0) is 17.4. The summed E-state index contributed by atoms with van der Waals surface area (Å²) in [6.45, 7) is 2.54. The third-order valence-electron chi connectivity index (χ3n) is 4.40. The highest BCUT2D eigenvalue weighted by Gasteiger charge is 2.20. The number of hydrogen-bond donors (Lipinski definition) is 1. The predicted octanol–water partition coefficient (Wildman–Crippen LogP) is 1.83. The molecular formula is C17H21N7S. The van der Waals surface area contributed by atoms with Crippen molar-refractivity contribution in [3.63, 3.8) is 0 Å². The smallest absolute Gasteiger partial charge is 0.227 e. The van der Waals surface area contributed by atoms with Crippen molar-refractivity contribution in [3.8, 4) is 0 Å². The van der Waals surface area contributed by atoms with Gasteiger partial charge in [0.15, 0.2) is 0 Å². The molecule has 0 saturated carbocycles. The first-order chi connectivity index (χ1) is 12.1. The summed E-state index contributed by atoms with van der Waals surface area (Å²) in [4.78, 5) is 13.7. The highest BCUT2D eigenvalue weighted by molar-refractivity contribution is 7.00. The fourth-order valence-corrected chi connectivity index (χ4v) is 3.63. The average Bonchev–Trinajstić information content (AvgIpc) is 3.08. The molecule has 130 valence electrons. The Balaban J connectivity index is 1.68. The van der Waals surface area contributed by atoms with Gasteiger partial charge in [0.05, 0.1) is 17.4 Å². The fourth-order valence-electron chi connectivity index (χ4n) is 3.12. The Morgan fingerprint density at radius 2 is 1.96 bits per heavy atom. The Morgan fingerprint density at radius 3 is 2.80 bits per heavy atom. The second-order valence-corrected chi connectivity index (χ2v) is 7.07. The number of nitrogens with one attached hydrogen (secondary N) is 1. The van der Waals surface area contributed by atoms with E-state index < -0.39 is 0 Å². The van der Waals surface area contributed by atoms with Crippen LogP contribution in [0.5, 0.6) is 0 Å². The maximum atomic E-state index is 4.82. The largest absolute Gasteiger partial charge is 0.355 e.